The van der Waals surface area contributed by atoms with E-state index in [1.807, 2.05) is 11.9 Å². The van der Waals surface area contributed by atoms with Crippen molar-refractivity contribution < 1.29 is 4.79 Å². The molecule has 0 rings (SSSR count). The minimum absolute atomic E-state index is 0.288. The van der Waals surface area contributed by atoms with Crippen molar-refractivity contribution in [1.82, 2.24) is 4.90 Å². The van der Waals surface area contributed by atoms with Crippen LogP contribution < -0.4 is 5.73 Å². The second kappa shape index (κ2) is 10.6. The molecule has 0 saturated heterocycles. The summed E-state index contributed by atoms with van der Waals surface area (Å²) in [6.07, 6.45) is 7.37. The molecule has 0 aliphatic heterocycles. The van der Waals surface area contributed by atoms with Gasteiger partial charge in [0.15, 0.2) is 0 Å². The lowest BCUT2D eigenvalue weighted by Crippen LogP contribution is -2.28. The summed E-state index contributed by atoms with van der Waals surface area (Å²) >= 11 is 0. The third-order valence-corrected chi connectivity index (χ3v) is 3.31. The lowest BCUT2D eigenvalue weighted by Gasteiger charge is -2.19. The van der Waals surface area contributed by atoms with Crippen molar-refractivity contribution in [3.8, 4) is 0 Å². The van der Waals surface area contributed by atoms with Crippen molar-refractivity contribution in [3.63, 3.8) is 0 Å². The van der Waals surface area contributed by atoms with E-state index in [0.29, 0.717) is 12.3 Å². The standard InChI is InChI=1S/C14H30N2O/c1-4-6-12-16(3)14(17)9-8-13(7-5-2)10-11-15/h13H,4-12,15H2,1-3H3. The Labute approximate surface area is 107 Å². The van der Waals surface area contributed by atoms with Crippen LogP contribution in [0.5, 0.6) is 0 Å². The van der Waals surface area contributed by atoms with Crippen LogP contribution in [0.2, 0.25) is 0 Å². The highest BCUT2D eigenvalue weighted by Crippen LogP contribution is 2.17. The molecule has 0 aromatic heterocycles. The highest BCUT2D eigenvalue weighted by atomic mass is 16.2. The lowest BCUT2D eigenvalue weighted by atomic mass is 9.94. The number of carbonyl (C=O) groups is 1. The Morgan fingerprint density at radius 1 is 1.18 bits per heavy atom. The van der Waals surface area contributed by atoms with Gasteiger partial charge in [-0.1, -0.05) is 33.1 Å². The molecule has 3 nitrogen and oxygen atoms in total. The van der Waals surface area contributed by atoms with Crippen molar-refractivity contribution in [1.29, 1.82) is 0 Å². The van der Waals surface area contributed by atoms with Crippen LogP contribution in [0.3, 0.4) is 0 Å². The molecule has 0 saturated carbocycles. The normalized spacial score (nSPS) is 12.5. The van der Waals surface area contributed by atoms with E-state index in [2.05, 4.69) is 13.8 Å². The number of hydrogen-bond donors (Lipinski definition) is 1. The fourth-order valence-electron chi connectivity index (χ4n) is 2.12. The van der Waals surface area contributed by atoms with E-state index >= 15 is 0 Å². The van der Waals surface area contributed by atoms with Crippen LogP contribution in [0, 0.1) is 5.92 Å². The van der Waals surface area contributed by atoms with Crippen LogP contribution in [-0.4, -0.2) is 30.9 Å². The van der Waals surface area contributed by atoms with Gasteiger partial charge in [0.1, 0.15) is 0 Å². The maximum Gasteiger partial charge on any atom is 0.222 e. The van der Waals surface area contributed by atoms with Crippen LogP contribution in [0.15, 0.2) is 0 Å². The molecule has 0 aromatic carbocycles. The maximum atomic E-state index is 11.9. The van der Waals surface area contributed by atoms with Gasteiger partial charge in [-0.25, -0.2) is 0 Å². The first kappa shape index (κ1) is 16.4. The van der Waals surface area contributed by atoms with Gasteiger partial charge in [0.2, 0.25) is 5.91 Å². The SMILES string of the molecule is CCCCN(C)C(=O)CCC(CCC)CCN. The number of unbranched alkanes of at least 4 members (excludes halogenated alkanes) is 1. The molecule has 3 heteroatoms. The third kappa shape index (κ3) is 8.19. The number of nitrogens with two attached hydrogens (primary N) is 1. The average molecular weight is 242 g/mol. The number of hydrogen-bond acceptors (Lipinski definition) is 2. The first-order valence-corrected chi connectivity index (χ1v) is 7.09. The van der Waals surface area contributed by atoms with Crippen molar-refractivity contribution in [2.45, 2.75) is 58.8 Å². The molecular weight excluding hydrogens is 212 g/mol. The Kier molecular flexibility index (Phi) is 10.2. The first-order chi connectivity index (χ1) is 8.15. The van der Waals surface area contributed by atoms with Crippen LogP contribution in [-0.2, 0) is 4.79 Å². The van der Waals surface area contributed by atoms with Gasteiger partial charge in [-0.2, -0.15) is 0 Å². The Morgan fingerprint density at radius 2 is 1.88 bits per heavy atom. The zero-order valence-electron chi connectivity index (χ0n) is 11.9. The van der Waals surface area contributed by atoms with Crippen LogP contribution in [0.25, 0.3) is 0 Å². The Morgan fingerprint density at radius 3 is 2.41 bits per heavy atom. The van der Waals surface area contributed by atoms with Crippen molar-refractivity contribution in [2.24, 2.45) is 11.7 Å². The van der Waals surface area contributed by atoms with Crippen molar-refractivity contribution >= 4 is 5.91 Å². The van der Waals surface area contributed by atoms with E-state index in [0.717, 1.165) is 38.8 Å². The fourth-order valence-corrected chi connectivity index (χ4v) is 2.12. The third-order valence-electron chi connectivity index (χ3n) is 3.31. The Bertz CT molecular complexity index is 189. The summed E-state index contributed by atoms with van der Waals surface area (Å²) < 4.78 is 0. The summed E-state index contributed by atoms with van der Waals surface area (Å²) in [6, 6.07) is 0. The molecular formula is C14H30N2O. The molecule has 0 heterocycles. The van der Waals surface area contributed by atoms with E-state index in [1.165, 1.54) is 12.8 Å². The predicted octanol–water partition coefficient (Wildman–Crippen LogP) is 2.79. The van der Waals surface area contributed by atoms with Gasteiger partial charge in [0.25, 0.3) is 0 Å². The van der Waals surface area contributed by atoms with Crippen LogP contribution >= 0.6 is 0 Å². The van der Waals surface area contributed by atoms with E-state index < -0.39 is 0 Å². The number of carbonyl (C=O) groups excluding carboxylic acids is 1. The van der Waals surface area contributed by atoms with E-state index in [4.69, 9.17) is 5.73 Å². The Balaban J connectivity index is 3.85. The van der Waals surface area contributed by atoms with Crippen molar-refractivity contribution in [2.75, 3.05) is 20.1 Å². The van der Waals surface area contributed by atoms with Crippen LogP contribution in [0.1, 0.15) is 58.8 Å². The lowest BCUT2D eigenvalue weighted by molar-refractivity contribution is -0.130. The number of nitrogens with zero attached hydrogens (tertiary/aromatic N) is 1. The summed E-state index contributed by atoms with van der Waals surface area (Å²) in [5.41, 5.74) is 5.60. The smallest absolute Gasteiger partial charge is 0.222 e. The molecule has 0 spiro atoms. The molecule has 0 fully saturated rings. The fraction of sp³-hybridized carbons (Fsp3) is 0.929. The minimum Gasteiger partial charge on any atom is -0.346 e. The summed E-state index contributed by atoms with van der Waals surface area (Å²) in [7, 11) is 1.91. The Hall–Kier alpha value is -0.570. The molecule has 0 aromatic rings. The van der Waals surface area contributed by atoms with Gasteiger partial charge in [-0.05, 0) is 31.7 Å². The zero-order chi connectivity index (χ0) is 13.1. The van der Waals surface area contributed by atoms with Crippen molar-refractivity contribution in [3.05, 3.63) is 0 Å². The number of amides is 1. The van der Waals surface area contributed by atoms with E-state index in [1.54, 1.807) is 0 Å². The minimum atomic E-state index is 0.288. The molecule has 17 heavy (non-hydrogen) atoms. The quantitative estimate of drug-likeness (QED) is 0.640. The molecule has 0 aliphatic rings. The van der Waals surface area contributed by atoms with Gasteiger partial charge in [0.05, 0.1) is 0 Å². The second-order valence-electron chi connectivity index (χ2n) is 4.94. The van der Waals surface area contributed by atoms with Gasteiger partial charge < -0.3 is 10.6 Å². The van der Waals surface area contributed by atoms with E-state index in [9.17, 15) is 4.79 Å². The molecule has 2 N–H and O–H groups in total. The molecule has 1 atom stereocenters. The monoisotopic (exact) mass is 242 g/mol. The molecule has 0 aliphatic carbocycles. The molecule has 1 unspecified atom stereocenters. The maximum absolute atomic E-state index is 11.9. The summed E-state index contributed by atoms with van der Waals surface area (Å²) in [4.78, 5) is 13.7. The summed E-state index contributed by atoms with van der Waals surface area (Å²) in [5.74, 6) is 0.921. The average Bonchev–Trinajstić information content (AvgIpc) is 2.33. The highest BCUT2D eigenvalue weighted by molar-refractivity contribution is 5.75. The first-order valence-electron chi connectivity index (χ1n) is 7.09. The zero-order valence-corrected chi connectivity index (χ0v) is 11.9. The highest BCUT2D eigenvalue weighted by Gasteiger charge is 2.12. The largest absolute Gasteiger partial charge is 0.346 e. The van der Waals surface area contributed by atoms with Gasteiger partial charge in [-0.15, -0.1) is 0 Å². The second-order valence-corrected chi connectivity index (χ2v) is 4.94. The molecule has 102 valence electrons. The predicted molar refractivity (Wildman–Crippen MR) is 73.8 cm³/mol. The van der Waals surface area contributed by atoms with Crippen LogP contribution in [0.4, 0.5) is 0 Å². The number of rotatable bonds is 10. The van der Waals surface area contributed by atoms with Gasteiger partial charge in [0, 0.05) is 20.0 Å². The van der Waals surface area contributed by atoms with Gasteiger partial charge >= 0.3 is 0 Å². The molecule has 0 radical (unpaired) electrons. The molecule has 1 amide bonds. The van der Waals surface area contributed by atoms with Gasteiger partial charge in [-0.3, -0.25) is 4.79 Å². The summed E-state index contributed by atoms with van der Waals surface area (Å²) in [6.45, 7) is 5.98. The topological polar surface area (TPSA) is 46.3 Å². The summed E-state index contributed by atoms with van der Waals surface area (Å²) in [5, 5.41) is 0. The molecule has 0 bridgehead atoms. The van der Waals surface area contributed by atoms with E-state index in [-0.39, 0.29) is 5.91 Å².